The number of rotatable bonds is 17. The van der Waals surface area contributed by atoms with E-state index in [1.54, 1.807) is 84.9 Å². The van der Waals surface area contributed by atoms with Crippen molar-refractivity contribution in [2.75, 3.05) is 0 Å². The van der Waals surface area contributed by atoms with Crippen LogP contribution in [0.1, 0.15) is 134 Å². The normalized spacial score (nSPS) is 9.60. The summed E-state index contributed by atoms with van der Waals surface area (Å²) in [5, 5.41) is 44.3. The Kier molecular flexibility index (Phi) is 47.5. The van der Waals surface area contributed by atoms with E-state index >= 15 is 0 Å². The van der Waals surface area contributed by atoms with Gasteiger partial charge in [0.15, 0.2) is 5.78 Å². The quantitative estimate of drug-likeness (QED) is 0.0141. The van der Waals surface area contributed by atoms with E-state index in [9.17, 15) is 58.2 Å². The zero-order valence-corrected chi connectivity index (χ0v) is 66.9. The van der Waals surface area contributed by atoms with Crippen molar-refractivity contribution in [1.29, 1.82) is 0 Å². The lowest BCUT2D eigenvalue weighted by Gasteiger charge is -2.07. The molecule has 0 aromatic heterocycles. The van der Waals surface area contributed by atoms with Gasteiger partial charge in [0.1, 0.15) is 74.7 Å². The molecule has 0 spiro atoms. The van der Waals surface area contributed by atoms with Crippen LogP contribution in [0.2, 0.25) is 0 Å². The summed E-state index contributed by atoms with van der Waals surface area (Å²) in [6.45, 7) is 19.9. The van der Waals surface area contributed by atoms with Gasteiger partial charge in [-0.3, -0.25) is 47.9 Å². The summed E-state index contributed by atoms with van der Waals surface area (Å²) in [6, 6.07) is 60.4. The smallest absolute Gasteiger partial charge is 0.373 e. The number of aryl methyl sites for hydroxylation is 3. The van der Waals surface area contributed by atoms with Crippen molar-refractivity contribution >= 4 is 119 Å². The van der Waals surface area contributed by atoms with Gasteiger partial charge >= 0.3 is 60.1 Å². The number of allylic oxidation sites excluding steroid dienone is 1. The Labute approximate surface area is 696 Å². The lowest BCUT2D eigenvalue weighted by atomic mass is 10.1. The summed E-state index contributed by atoms with van der Waals surface area (Å²) >= 11 is 5.30. The Morgan fingerprint density at radius 3 is 0.842 bits per heavy atom. The lowest BCUT2D eigenvalue weighted by molar-refractivity contribution is -0.193. The van der Waals surface area contributed by atoms with Gasteiger partial charge in [-0.05, 0) is 157 Å². The van der Waals surface area contributed by atoms with Crippen molar-refractivity contribution in [3.05, 3.63) is 292 Å². The minimum atomic E-state index is -0.743. The molecular weight excluding hydrogens is 1570 g/mol. The second kappa shape index (κ2) is 55.7. The fourth-order valence-corrected chi connectivity index (χ4v) is 8.98. The third-order valence-electron chi connectivity index (χ3n) is 13.6. The minimum Gasteiger partial charge on any atom is -0.508 e. The lowest BCUT2D eigenvalue weighted by Crippen LogP contribution is -2.06. The number of esters is 8. The second-order valence-electron chi connectivity index (χ2n) is 24.0. The van der Waals surface area contributed by atoms with Gasteiger partial charge in [0.05, 0.1) is 0 Å². The van der Waals surface area contributed by atoms with Crippen LogP contribution in [0.25, 0.3) is 36.5 Å². The van der Waals surface area contributed by atoms with Crippen molar-refractivity contribution < 1.29 is 131 Å². The number of ether oxygens (including phenoxy) is 8. The summed E-state index contributed by atoms with van der Waals surface area (Å²) in [7, 11) is 0. The highest BCUT2D eigenvalue weighted by Crippen LogP contribution is 2.29. The van der Waals surface area contributed by atoms with E-state index in [1.165, 1.54) is 151 Å². The Hall–Kier alpha value is -15.7. The minimum absolute atomic E-state index is 0. The van der Waals surface area contributed by atoms with E-state index in [0.29, 0.717) is 28.6 Å². The zero-order chi connectivity index (χ0) is 89.1. The Morgan fingerprint density at radius 2 is 0.542 bits per heavy atom. The van der Waals surface area contributed by atoms with Gasteiger partial charge in [0.25, 0.3) is 5.24 Å². The van der Waals surface area contributed by atoms with Crippen LogP contribution >= 0.6 is 11.6 Å². The first-order chi connectivity index (χ1) is 56.3. The average molecular weight is 1660 g/mol. The molecule has 0 aliphatic rings. The first-order valence-corrected chi connectivity index (χ1v) is 35.1. The summed E-state index contributed by atoms with van der Waals surface area (Å²) in [4.78, 5) is 143. The number of halogens is 1. The van der Waals surface area contributed by atoms with E-state index in [0.717, 1.165) is 27.8 Å². The third kappa shape index (κ3) is 47.1. The highest BCUT2D eigenvalue weighted by Gasteiger charge is 2.14. The predicted octanol–water partition coefficient (Wildman–Crippen LogP) is 17.4. The Morgan fingerprint density at radius 1 is 0.292 bits per heavy atom. The molecule has 0 saturated carbocycles. The average Bonchev–Trinajstić information content (AvgIpc) is 0.803. The van der Waals surface area contributed by atoms with Crippen LogP contribution in [0.5, 0.6) is 74.7 Å². The molecule has 0 atom stereocenters. The molecule has 0 saturated heterocycles. The molecule has 0 radical (unpaired) electrons. The van der Waals surface area contributed by atoms with Gasteiger partial charge < -0.3 is 63.4 Å². The number of phenols is 5. The number of hydrogen-bond acceptors (Lipinski definition) is 27. The fourth-order valence-electron chi connectivity index (χ4n) is 8.88. The maximum Gasteiger partial charge on any atom is 0.373 e. The standard InChI is InChI=1S/C20H18O5.C19H18O4.C14H12O3.C11H9ClO5.C10H10O4.C9H10.C6H6O2.2CO2.CH4/c1-13-4-6-16(7-5-13)8-9-20(23)17-10-18(24-14(2)21)12-19(11-17)25-15(3)22;1-13-4-6-16(7-5-13)8-9-17-10-18(22-14(2)20)12-19(11-17)23-15(3)21;15-12-5-3-10(4-6-12)1-2-11-7-13(16)9-14(17)8-11;1-6(13)16-9-3-8(11(12)15)4-10(5-9)17-7(2)14;1-7(11)13-9-4-3-5-10(6-9)14-8(2)12;1-3-9-6-4-8(2)5-7-9;7-5-2-1-3-6(8)4-5;2*2-1-3;/h4-12H,1-3H3;4-12H,1-3H3;1-9,15-17H;3-5H,1-2H3;3-6H,1-2H3;3-7H,1H2,2H3;1-4,7-8H;;;1H4/b2*9-8+;2-1+;;;;;;;. The molecule has 0 fully saturated rings. The van der Waals surface area contributed by atoms with Crippen LogP contribution in [-0.4, -0.2) is 96.6 Å². The molecule has 0 unspecified atom stereocenters. The molecule has 10 aromatic carbocycles. The van der Waals surface area contributed by atoms with Gasteiger partial charge in [-0.15, -0.1) is 0 Å². The maximum atomic E-state index is 12.4. The van der Waals surface area contributed by atoms with E-state index in [2.05, 4.69) is 37.8 Å². The monoisotopic (exact) mass is 1660 g/mol. The molecule has 120 heavy (non-hydrogen) atoms. The number of benzene rings is 10. The first-order valence-electron chi connectivity index (χ1n) is 34.7. The molecule has 624 valence electrons. The van der Waals surface area contributed by atoms with Crippen LogP contribution < -0.4 is 37.9 Å². The molecule has 0 amide bonds. The second-order valence-corrected chi connectivity index (χ2v) is 24.3. The van der Waals surface area contributed by atoms with Crippen molar-refractivity contribution in [1.82, 2.24) is 0 Å². The number of carbonyl (C=O) groups excluding carboxylic acids is 14. The summed E-state index contributed by atoms with van der Waals surface area (Å²) < 4.78 is 39.3. The zero-order valence-electron chi connectivity index (χ0n) is 66.1. The van der Waals surface area contributed by atoms with Crippen LogP contribution in [0.15, 0.2) is 231 Å². The molecule has 27 nitrogen and oxygen atoms in total. The van der Waals surface area contributed by atoms with Gasteiger partial charge in [0.2, 0.25) is 0 Å². The Balaban J connectivity index is 0.000000708. The topological polar surface area (TPSA) is 414 Å². The largest absolute Gasteiger partial charge is 0.508 e. The van der Waals surface area contributed by atoms with Crippen LogP contribution in [0, 0.1) is 20.8 Å². The molecule has 28 heteroatoms. The summed E-state index contributed by atoms with van der Waals surface area (Å²) in [5.74, 6) is -1.91. The molecule has 5 N–H and O–H groups in total. The van der Waals surface area contributed by atoms with Gasteiger partial charge in [-0.1, -0.05) is 164 Å². The molecule has 0 bridgehead atoms. The number of ketones is 1. The molecule has 0 aliphatic heterocycles. The number of phenolic OH excluding ortho intramolecular Hbond substituents is 5. The van der Waals surface area contributed by atoms with Gasteiger partial charge in [-0.25, -0.2) is 0 Å². The molecule has 0 aliphatic carbocycles. The van der Waals surface area contributed by atoms with E-state index in [4.69, 9.17) is 84.0 Å². The molecule has 10 rings (SSSR count). The van der Waals surface area contributed by atoms with Crippen LogP contribution in [-0.2, 0) is 57.5 Å². The SMILES string of the molecule is C.C=Cc1ccc(C)cc1.CC(=O)Oc1cc(/C=C/c2ccc(C)cc2)cc(OC(C)=O)c1.CC(=O)Oc1cc(OC(C)=O)cc(C(=O)/C=C/c2ccc(C)cc2)c1.CC(=O)Oc1cc(OC(C)=O)cc(C(=O)Cl)c1.CC(=O)Oc1cccc(OC(C)=O)c1.O=C=O.O=C=O.Oc1ccc(/C=C/c2cc(O)cc(O)c2)cc1.Oc1cccc(O)c1. The number of aromatic hydroxyl groups is 5. The van der Waals surface area contributed by atoms with Crippen molar-refractivity contribution in [3.63, 3.8) is 0 Å². The van der Waals surface area contributed by atoms with Gasteiger partial charge in [-0.2, -0.15) is 19.2 Å². The number of carbonyl (C=O) groups is 10. The maximum absolute atomic E-state index is 12.4. The van der Waals surface area contributed by atoms with Crippen LogP contribution in [0.4, 0.5) is 0 Å². The fraction of sp³-hybridized carbons (Fsp3) is 0.130. The predicted molar refractivity (Wildman–Crippen MR) is 446 cm³/mol. The first kappa shape index (κ1) is 102. The molecular formula is C92H87ClO27. The van der Waals surface area contributed by atoms with Crippen molar-refractivity contribution in [2.45, 2.75) is 83.6 Å². The highest BCUT2D eigenvalue weighted by molar-refractivity contribution is 6.67. The van der Waals surface area contributed by atoms with Crippen molar-refractivity contribution in [2.24, 2.45) is 0 Å². The van der Waals surface area contributed by atoms with Crippen molar-refractivity contribution in [3.8, 4) is 74.7 Å². The van der Waals surface area contributed by atoms with Crippen LogP contribution in [0.3, 0.4) is 0 Å². The van der Waals surface area contributed by atoms with E-state index in [1.807, 2.05) is 86.7 Å². The van der Waals surface area contributed by atoms with Gasteiger partial charge in [0, 0.05) is 103 Å². The van der Waals surface area contributed by atoms with E-state index in [-0.39, 0.29) is 88.4 Å². The van der Waals surface area contributed by atoms with E-state index < -0.39 is 53.0 Å². The molecule has 10 aromatic rings. The summed E-state index contributed by atoms with van der Waals surface area (Å²) in [5.41, 5.74) is 9.43. The number of hydrogen-bond donors (Lipinski definition) is 5. The third-order valence-corrected chi connectivity index (χ3v) is 13.8. The molecule has 0 heterocycles. The highest BCUT2D eigenvalue weighted by atomic mass is 35.5. The summed E-state index contributed by atoms with van der Waals surface area (Å²) in [6.07, 6.45) is 12.8. The Bertz CT molecular complexity index is 5080.